The van der Waals surface area contributed by atoms with Crippen LogP contribution in [0.25, 0.3) is 10.8 Å². The molecule has 0 unspecified atom stereocenters. The number of amides is 1. The monoisotopic (exact) mass is 286 g/mol. The molecule has 2 heterocycles. The number of furan rings is 1. The summed E-state index contributed by atoms with van der Waals surface area (Å²) < 4.78 is 8.93. The Bertz CT molecular complexity index is 574. The van der Waals surface area contributed by atoms with Crippen molar-refractivity contribution in [2.45, 2.75) is 39.8 Å². The number of carbonyl (C=O) groups excluding carboxylic acids is 1. The lowest BCUT2D eigenvalue weighted by Gasteiger charge is -2.30. The fourth-order valence-corrected chi connectivity index (χ4v) is 3.77. The first-order valence-electron chi connectivity index (χ1n) is 5.64. The summed E-state index contributed by atoms with van der Waals surface area (Å²) >= 11 is 0. The third-order valence-corrected chi connectivity index (χ3v) is 4.42. The molecule has 18 heavy (non-hydrogen) atoms. The number of fused-ring (bicyclic) bond motifs is 1. The molecule has 0 spiro atoms. The molecular formula is C11H14N2O3S2. The molecule has 0 saturated carbocycles. The molecule has 7 heteroatoms. The summed E-state index contributed by atoms with van der Waals surface area (Å²) in [5.74, 6) is -0.00832. The van der Waals surface area contributed by atoms with Crippen LogP contribution in [-0.2, 0) is 0 Å². The highest BCUT2D eigenvalue weighted by Gasteiger charge is 2.32. The molecule has 2 aliphatic rings. The number of nitrogens with zero attached hydrogens (tertiary/aromatic N) is 2. The Labute approximate surface area is 112 Å². The maximum Gasteiger partial charge on any atom is 0.352 e. The Balaban J connectivity index is 2.48. The van der Waals surface area contributed by atoms with Gasteiger partial charge in [0.05, 0.1) is 0 Å². The van der Waals surface area contributed by atoms with Gasteiger partial charge in [-0.2, -0.15) is 0 Å². The fourth-order valence-electron chi connectivity index (χ4n) is 1.99. The van der Waals surface area contributed by atoms with Gasteiger partial charge in [0, 0.05) is 22.6 Å². The predicted octanol–water partition coefficient (Wildman–Crippen LogP) is 2.52. The van der Waals surface area contributed by atoms with Crippen molar-refractivity contribution in [1.29, 1.82) is 0 Å². The topological polar surface area (TPSA) is 63.4 Å². The third kappa shape index (κ3) is 2.08. The molecule has 2 rings (SSSR count). The number of hydrogen-bond donors (Lipinski definition) is 0. The lowest BCUT2D eigenvalue weighted by atomic mass is 10.1. The molecule has 0 aromatic heterocycles. The standard InChI is InChI=1S/C11H14N2O3S2/c1-5(2)13(6(3)4)10(14)7-8-9(12-18-17-8)16-11(7)15/h5-6H,1-4H3. The quantitative estimate of drug-likeness (QED) is 0.813. The zero-order valence-corrected chi connectivity index (χ0v) is 12.2. The molecule has 0 aromatic rings. The maximum absolute atomic E-state index is 12.5. The average molecular weight is 286 g/mol. The van der Waals surface area contributed by atoms with Crippen LogP contribution in [0.3, 0.4) is 0 Å². The van der Waals surface area contributed by atoms with E-state index in [4.69, 9.17) is 4.42 Å². The lowest BCUT2D eigenvalue weighted by molar-refractivity contribution is 0.0642. The minimum absolute atomic E-state index is 0.0263. The molecule has 0 bridgehead atoms. The van der Waals surface area contributed by atoms with E-state index < -0.39 is 5.63 Å². The van der Waals surface area contributed by atoms with Crippen molar-refractivity contribution in [2.24, 2.45) is 0 Å². The van der Waals surface area contributed by atoms with Gasteiger partial charge < -0.3 is 9.32 Å². The van der Waals surface area contributed by atoms with Gasteiger partial charge in [0.1, 0.15) is 10.4 Å². The first kappa shape index (κ1) is 13.2. The van der Waals surface area contributed by atoms with Crippen molar-refractivity contribution in [2.75, 3.05) is 0 Å². The van der Waals surface area contributed by atoms with E-state index in [0.29, 0.717) is 4.88 Å². The summed E-state index contributed by atoms with van der Waals surface area (Å²) in [5, 5.41) is 0. The number of rotatable bonds is 3. The highest BCUT2D eigenvalue weighted by Crippen LogP contribution is 2.32. The Morgan fingerprint density at radius 3 is 2.44 bits per heavy atom. The van der Waals surface area contributed by atoms with Gasteiger partial charge in [-0.1, -0.05) is 10.3 Å². The number of carbonyl (C=O) groups is 1. The van der Waals surface area contributed by atoms with Crippen LogP contribution in [0.1, 0.15) is 38.1 Å². The van der Waals surface area contributed by atoms with Gasteiger partial charge >= 0.3 is 5.63 Å². The zero-order chi connectivity index (χ0) is 13.4. The summed E-state index contributed by atoms with van der Waals surface area (Å²) in [6, 6.07) is 0.0527. The molecule has 0 fully saturated rings. The van der Waals surface area contributed by atoms with Gasteiger partial charge in [-0.05, 0) is 27.7 Å². The van der Waals surface area contributed by atoms with E-state index in [-0.39, 0.29) is 29.4 Å². The van der Waals surface area contributed by atoms with Crippen LogP contribution < -0.4 is 5.63 Å². The number of aromatic nitrogens is 1. The van der Waals surface area contributed by atoms with Crippen LogP contribution >= 0.6 is 20.9 Å². The van der Waals surface area contributed by atoms with Crippen LogP contribution in [0.4, 0.5) is 0 Å². The van der Waals surface area contributed by atoms with E-state index in [1.165, 1.54) is 20.9 Å². The van der Waals surface area contributed by atoms with Gasteiger partial charge in [-0.15, -0.1) is 4.37 Å². The molecule has 2 aliphatic heterocycles. The molecular weight excluding hydrogens is 272 g/mol. The lowest BCUT2D eigenvalue weighted by Crippen LogP contribution is -2.43. The summed E-state index contributed by atoms with van der Waals surface area (Å²) in [4.78, 5) is 26.5. The van der Waals surface area contributed by atoms with E-state index in [1.54, 1.807) is 4.90 Å². The van der Waals surface area contributed by atoms with Gasteiger partial charge in [0.25, 0.3) is 11.8 Å². The highest BCUT2D eigenvalue weighted by atomic mass is 32.9. The van der Waals surface area contributed by atoms with Crippen LogP contribution in [0.15, 0.2) is 9.21 Å². The Morgan fingerprint density at radius 1 is 1.28 bits per heavy atom. The van der Waals surface area contributed by atoms with E-state index in [9.17, 15) is 9.59 Å². The highest BCUT2D eigenvalue weighted by molar-refractivity contribution is 7.68. The minimum atomic E-state index is -0.590. The van der Waals surface area contributed by atoms with Gasteiger partial charge in [-0.3, -0.25) is 4.79 Å². The molecule has 0 N–H and O–H groups in total. The second-order valence-corrected chi connectivity index (χ2v) is 6.40. The average Bonchev–Trinajstić information content (AvgIpc) is 2.74. The van der Waals surface area contributed by atoms with Gasteiger partial charge in [0.15, 0.2) is 0 Å². The van der Waals surface area contributed by atoms with Crippen LogP contribution in [0, 0.1) is 0 Å². The molecule has 0 atom stereocenters. The van der Waals surface area contributed by atoms with E-state index in [2.05, 4.69) is 4.37 Å². The SMILES string of the molecule is CC(C)N(C(=O)c1c2ssnc-2oc1=O)C(C)C. The van der Waals surface area contributed by atoms with Crippen molar-refractivity contribution in [3.63, 3.8) is 0 Å². The largest absolute Gasteiger partial charge is 0.401 e. The number of hydrogen-bond acceptors (Lipinski definition) is 6. The van der Waals surface area contributed by atoms with Crippen LogP contribution in [-0.4, -0.2) is 27.3 Å². The molecule has 98 valence electrons. The van der Waals surface area contributed by atoms with Crippen LogP contribution in [0.2, 0.25) is 0 Å². The summed E-state index contributed by atoms with van der Waals surface area (Å²) in [5.41, 5.74) is -0.473. The van der Waals surface area contributed by atoms with E-state index >= 15 is 0 Å². The molecule has 0 saturated heterocycles. The Kier molecular flexibility index (Phi) is 3.54. The van der Waals surface area contributed by atoms with Crippen molar-refractivity contribution in [3.05, 3.63) is 16.0 Å². The fraction of sp³-hybridized carbons (Fsp3) is 0.545. The Hall–Kier alpha value is -1.21. The maximum atomic E-state index is 12.5. The van der Waals surface area contributed by atoms with Gasteiger partial charge in [-0.25, -0.2) is 4.79 Å². The first-order valence-corrected chi connectivity index (χ1v) is 7.75. The zero-order valence-electron chi connectivity index (χ0n) is 10.6. The van der Waals surface area contributed by atoms with Crippen molar-refractivity contribution in [1.82, 2.24) is 9.27 Å². The third-order valence-electron chi connectivity index (χ3n) is 2.62. The summed E-state index contributed by atoms with van der Waals surface area (Å²) in [6.45, 7) is 7.70. The normalized spacial score (nSPS) is 11.7. The molecule has 5 nitrogen and oxygen atoms in total. The second-order valence-electron chi connectivity index (χ2n) is 4.55. The Morgan fingerprint density at radius 2 is 1.89 bits per heavy atom. The van der Waals surface area contributed by atoms with E-state index in [0.717, 1.165) is 0 Å². The molecule has 0 radical (unpaired) electrons. The molecule has 1 amide bonds. The van der Waals surface area contributed by atoms with Crippen molar-refractivity contribution >= 4 is 26.8 Å². The van der Waals surface area contributed by atoms with Crippen molar-refractivity contribution in [3.8, 4) is 10.8 Å². The van der Waals surface area contributed by atoms with E-state index in [1.807, 2.05) is 27.7 Å². The molecule has 0 aliphatic carbocycles. The minimum Gasteiger partial charge on any atom is -0.401 e. The summed E-state index contributed by atoms with van der Waals surface area (Å²) in [7, 11) is 2.51. The smallest absolute Gasteiger partial charge is 0.352 e. The van der Waals surface area contributed by atoms with Crippen LogP contribution in [0.5, 0.6) is 0 Å². The first-order chi connectivity index (χ1) is 8.43. The molecule has 0 aromatic carbocycles. The van der Waals surface area contributed by atoms with Crippen molar-refractivity contribution < 1.29 is 9.21 Å². The van der Waals surface area contributed by atoms with Gasteiger partial charge in [0.2, 0.25) is 0 Å². The predicted molar refractivity (Wildman–Crippen MR) is 71.6 cm³/mol. The summed E-state index contributed by atoms with van der Waals surface area (Å²) in [6.07, 6.45) is 0. The second kappa shape index (κ2) is 4.81.